The lowest BCUT2D eigenvalue weighted by Crippen LogP contribution is -1.98. The molecule has 0 bridgehead atoms. The first-order valence-corrected chi connectivity index (χ1v) is 8.34. The maximum absolute atomic E-state index is 9.49. The molecule has 1 N–H and O–H groups in total. The molecule has 1 heterocycles. The van der Waals surface area contributed by atoms with Gasteiger partial charge in [-0.05, 0) is 35.9 Å². The molecule has 0 aliphatic rings. The Kier molecular flexibility index (Phi) is 7.66. The summed E-state index contributed by atoms with van der Waals surface area (Å²) in [6.07, 6.45) is 0.105. The molecule has 21 heavy (non-hydrogen) atoms. The average Bonchev–Trinajstić information content (AvgIpc) is 2.92. The Labute approximate surface area is 135 Å². The van der Waals surface area contributed by atoms with Gasteiger partial charge in [0.15, 0.2) is 0 Å². The van der Waals surface area contributed by atoms with Crippen LogP contribution in [-0.4, -0.2) is 25.0 Å². The Balaban J connectivity index is 0.000000270. The minimum absolute atomic E-state index is 0.0648. The molecule has 1 aromatic carbocycles. The van der Waals surface area contributed by atoms with Crippen LogP contribution in [0, 0.1) is 3.82 Å². The van der Waals surface area contributed by atoms with Crippen LogP contribution in [0.25, 0.3) is 10.4 Å². The van der Waals surface area contributed by atoms with E-state index in [2.05, 4.69) is 11.3 Å². The summed E-state index contributed by atoms with van der Waals surface area (Å²) in [4.78, 5) is 10.7. The standard InChI is InChI=1S/C10H8OS3.C4H6O3/c1-11-8-4-2-7(3-5-8)9-6-10(12)14-13-9;1-2-3-7-4(5)6/h2-6H,1H3;2H,1,3H2,(H,5,6). The monoisotopic (exact) mass is 342 g/mol. The van der Waals surface area contributed by atoms with Crippen molar-refractivity contribution in [1.82, 2.24) is 0 Å². The van der Waals surface area contributed by atoms with E-state index in [0.29, 0.717) is 0 Å². The second-order valence-electron chi connectivity index (χ2n) is 3.59. The van der Waals surface area contributed by atoms with E-state index in [1.165, 1.54) is 16.5 Å². The number of carbonyl (C=O) groups is 1. The van der Waals surface area contributed by atoms with Crippen molar-refractivity contribution in [1.29, 1.82) is 0 Å². The Morgan fingerprint density at radius 3 is 2.43 bits per heavy atom. The van der Waals surface area contributed by atoms with E-state index in [-0.39, 0.29) is 6.61 Å². The number of benzene rings is 1. The van der Waals surface area contributed by atoms with Crippen molar-refractivity contribution < 1.29 is 19.4 Å². The zero-order chi connectivity index (χ0) is 15.7. The zero-order valence-electron chi connectivity index (χ0n) is 11.3. The van der Waals surface area contributed by atoms with E-state index in [9.17, 15) is 4.79 Å². The van der Waals surface area contributed by atoms with Gasteiger partial charge in [0, 0.05) is 4.88 Å². The molecule has 112 valence electrons. The molecule has 0 amide bonds. The highest BCUT2D eigenvalue weighted by Crippen LogP contribution is 2.30. The fraction of sp³-hybridized carbons (Fsp3) is 0.143. The molecule has 0 fully saturated rings. The van der Waals surface area contributed by atoms with Crippen molar-refractivity contribution in [3.8, 4) is 16.2 Å². The Bertz CT molecular complexity index is 628. The van der Waals surface area contributed by atoms with Gasteiger partial charge in [0.25, 0.3) is 0 Å². The van der Waals surface area contributed by atoms with Gasteiger partial charge in [-0.15, -0.1) is 0 Å². The number of rotatable bonds is 4. The lowest BCUT2D eigenvalue weighted by molar-refractivity contribution is 0.102. The van der Waals surface area contributed by atoms with Crippen LogP contribution in [0.1, 0.15) is 0 Å². The predicted octanol–water partition coefficient (Wildman–Crippen LogP) is 5.08. The molecule has 7 heteroatoms. The van der Waals surface area contributed by atoms with E-state index in [1.807, 2.05) is 30.3 Å². The maximum atomic E-state index is 9.49. The number of methoxy groups -OCH3 is 1. The highest BCUT2D eigenvalue weighted by molar-refractivity contribution is 7.80. The molecule has 0 spiro atoms. The molecular formula is C14H14O4S3. The van der Waals surface area contributed by atoms with Crippen LogP contribution in [0.4, 0.5) is 4.79 Å². The van der Waals surface area contributed by atoms with E-state index >= 15 is 0 Å². The van der Waals surface area contributed by atoms with Crippen LogP contribution in [0.15, 0.2) is 43.0 Å². The topological polar surface area (TPSA) is 55.8 Å². The fourth-order valence-electron chi connectivity index (χ4n) is 1.26. The summed E-state index contributed by atoms with van der Waals surface area (Å²) in [5.74, 6) is 0.882. The molecule has 0 unspecified atom stereocenters. The van der Waals surface area contributed by atoms with Crippen LogP contribution in [0.5, 0.6) is 5.75 Å². The smallest absolute Gasteiger partial charge is 0.497 e. The van der Waals surface area contributed by atoms with E-state index in [4.69, 9.17) is 22.1 Å². The molecule has 0 saturated carbocycles. The predicted molar refractivity (Wildman–Crippen MR) is 89.2 cm³/mol. The highest BCUT2D eigenvalue weighted by atomic mass is 32.9. The summed E-state index contributed by atoms with van der Waals surface area (Å²) >= 11 is 5.09. The summed E-state index contributed by atoms with van der Waals surface area (Å²) in [6.45, 7) is 3.31. The van der Waals surface area contributed by atoms with Crippen LogP contribution in [0.2, 0.25) is 0 Å². The largest absolute Gasteiger partial charge is 0.506 e. The van der Waals surface area contributed by atoms with Gasteiger partial charge in [-0.1, -0.05) is 45.6 Å². The number of hydrogen-bond acceptors (Lipinski definition) is 6. The second-order valence-corrected chi connectivity index (χ2v) is 6.50. The van der Waals surface area contributed by atoms with Crippen molar-refractivity contribution >= 4 is 39.1 Å². The first-order valence-electron chi connectivity index (χ1n) is 5.78. The Hall–Kier alpha value is -1.70. The molecule has 0 aliphatic heterocycles. The minimum atomic E-state index is -1.26. The summed E-state index contributed by atoms with van der Waals surface area (Å²) in [5.41, 5.74) is 1.20. The summed E-state index contributed by atoms with van der Waals surface area (Å²) in [5, 5.41) is 7.77. The third-order valence-electron chi connectivity index (χ3n) is 2.16. The van der Waals surface area contributed by atoms with E-state index < -0.39 is 6.16 Å². The summed E-state index contributed by atoms with van der Waals surface area (Å²) < 4.78 is 10.0. The van der Waals surface area contributed by atoms with Gasteiger partial charge in [0.2, 0.25) is 0 Å². The molecule has 4 nitrogen and oxygen atoms in total. The van der Waals surface area contributed by atoms with Gasteiger partial charge in [-0.25, -0.2) is 4.79 Å². The molecule has 0 aliphatic carbocycles. The van der Waals surface area contributed by atoms with Crippen LogP contribution >= 0.6 is 32.9 Å². The molecule has 2 aromatic rings. The maximum Gasteiger partial charge on any atom is 0.506 e. The first kappa shape index (κ1) is 17.4. The highest BCUT2D eigenvalue weighted by Gasteiger charge is 2.00. The lowest BCUT2D eigenvalue weighted by atomic mass is 10.2. The number of hydrogen-bond donors (Lipinski definition) is 1. The Morgan fingerprint density at radius 2 is 2.05 bits per heavy atom. The lowest BCUT2D eigenvalue weighted by Gasteiger charge is -2.00. The third-order valence-corrected chi connectivity index (χ3v) is 5.07. The molecule has 1 aromatic heterocycles. The quantitative estimate of drug-likeness (QED) is 0.363. The number of carboxylic acid groups (broad SMARTS) is 1. The zero-order valence-corrected chi connectivity index (χ0v) is 13.7. The van der Waals surface area contributed by atoms with Gasteiger partial charge in [0.1, 0.15) is 16.2 Å². The molecule has 2 rings (SSSR count). The summed E-state index contributed by atoms with van der Waals surface area (Å²) in [6, 6.07) is 10.1. The van der Waals surface area contributed by atoms with Gasteiger partial charge in [-0.2, -0.15) is 0 Å². The third kappa shape index (κ3) is 6.52. The average molecular weight is 342 g/mol. The van der Waals surface area contributed by atoms with Gasteiger partial charge in [-0.3, -0.25) is 0 Å². The van der Waals surface area contributed by atoms with Crippen molar-refractivity contribution in [2.75, 3.05) is 13.7 Å². The van der Waals surface area contributed by atoms with Crippen molar-refractivity contribution in [3.63, 3.8) is 0 Å². The van der Waals surface area contributed by atoms with E-state index in [0.717, 1.165) is 9.57 Å². The molecule has 0 atom stereocenters. The van der Waals surface area contributed by atoms with Crippen molar-refractivity contribution in [2.45, 2.75) is 0 Å². The molecule has 0 saturated heterocycles. The second kappa shape index (κ2) is 9.28. The van der Waals surface area contributed by atoms with Gasteiger partial charge in [0.05, 0.1) is 7.11 Å². The number of ether oxygens (including phenoxy) is 2. The van der Waals surface area contributed by atoms with E-state index in [1.54, 1.807) is 27.8 Å². The van der Waals surface area contributed by atoms with Crippen molar-refractivity contribution in [2.24, 2.45) is 0 Å². The SMILES string of the molecule is C=CCOC(=O)O.COc1ccc(-c2cc(=S)ss2)cc1. The van der Waals surface area contributed by atoms with Gasteiger partial charge < -0.3 is 14.6 Å². The Morgan fingerprint density at radius 1 is 1.38 bits per heavy atom. The minimum Gasteiger partial charge on any atom is -0.497 e. The summed E-state index contributed by atoms with van der Waals surface area (Å²) in [7, 11) is 5.02. The van der Waals surface area contributed by atoms with Crippen LogP contribution in [-0.2, 0) is 4.74 Å². The van der Waals surface area contributed by atoms with Gasteiger partial charge >= 0.3 is 6.16 Å². The van der Waals surface area contributed by atoms with Crippen LogP contribution < -0.4 is 4.74 Å². The normalized spacial score (nSPS) is 9.19. The van der Waals surface area contributed by atoms with Crippen LogP contribution in [0.3, 0.4) is 0 Å². The van der Waals surface area contributed by atoms with Crippen molar-refractivity contribution in [3.05, 3.63) is 46.8 Å². The molecular weight excluding hydrogens is 328 g/mol. The first-order chi connectivity index (χ1) is 10.1. The fourth-order valence-corrected chi connectivity index (χ4v) is 3.66. The molecule has 0 radical (unpaired) electrons.